The van der Waals surface area contributed by atoms with Crippen molar-refractivity contribution in [2.24, 2.45) is 0 Å². The fraction of sp³-hybridized carbons (Fsp3) is 0.300. The largest absolute Gasteiger partial charge is 2.00 e. The van der Waals surface area contributed by atoms with E-state index in [-0.39, 0.29) is 53.3 Å². The van der Waals surface area contributed by atoms with Crippen LogP contribution < -0.4 is 24.8 Å². The van der Waals surface area contributed by atoms with Gasteiger partial charge in [-0.25, -0.2) is 0 Å². The first kappa shape index (κ1) is 19.2. The van der Waals surface area contributed by atoms with Crippen molar-refractivity contribution in [2.75, 3.05) is 0 Å². The molecule has 0 saturated heterocycles. The van der Waals surface area contributed by atoms with E-state index < -0.39 is 0 Å². The Hall–Kier alpha value is 0.566. The molecular formula is C10H13Cl2Mg-. The van der Waals surface area contributed by atoms with Gasteiger partial charge in [0.05, 0.1) is 0 Å². The third-order valence-corrected chi connectivity index (χ3v) is 1.56. The van der Waals surface area contributed by atoms with Gasteiger partial charge in [0.15, 0.2) is 0 Å². The van der Waals surface area contributed by atoms with Crippen molar-refractivity contribution in [3.63, 3.8) is 0 Å². The van der Waals surface area contributed by atoms with Gasteiger partial charge in [0.25, 0.3) is 0 Å². The van der Waals surface area contributed by atoms with Gasteiger partial charge in [0.2, 0.25) is 0 Å². The molecule has 0 amide bonds. The van der Waals surface area contributed by atoms with E-state index in [0.29, 0.717) is 0 Å². The van der Waals surface area contributed by atoms with Crippen LogP contribution in [0.2, 0.25) is 0 Å². The van der Waals surface area contributed by atoms with Gasteiger partial charge in [-0.05, 0) is 0 Å². The van der Waals surface area contributed by atoms with Crippen molar-refractivity contribution in [1.29, 1.82) is 0 Å². The molecule has 0 saturated carbocycles. The minimum Gasteiger partial charge on any atom is -1.00 e. The minimum absolute atomic E-state index is 0. The van der Waals surface area contributed by atoms with Crippen LogP contribution in [-0.4, -0.2) is 23.1 Å². The molecule has 0 aromatic heterocycles. The van der Waals surface area contributed by atoms with Crippen LogP contribution in [0.15, 0.2) is 30.3 Å². The topological polar surface area (TPSA) is 0 Å². The summed E-state index contributed by atoms with van der Waals surface area (Å²) in [7, 11) is 0. The normalized spacial score (nSPS) is 8.85. The SMILES string of the molecule is [CH2-]C(C)(C)c1ccccc1.[Cl-].[Cl-].[Mg+2]. The summed E-state index contributed by atoms with van der Waals surface area (Å²) in [4.78, 5) is 0. The Morgan fingerprint density at radius 1 is 1.00 bits per heavy atom. The van der Waals surface area contributed by atoms with E-state index in [4.69, 9.17) is 0 Å². The van der Waals surface area contributed by atoms with Crippen molar-refractivity contribution in [2.45, 2.75) is 19.3 Å². The van der Waals surface area contributed by atoms with Crippen LogP contribution in [0.5, 0.6) is 0 Å². The average molecular weight is 228 g/mol. The summed E-state index contributed by atoms with van der Waals surface area (Å²) in [5.41, 5.74) is 1.33. The van der Waals surface area contributed by atoms with Gasteiger partial charge in [0.1, 0.15) is 0 Å². The maximum atomic E-state index is 4.04. The Balaban J connectivity index is -0.000000333. The van der Waals surface area contributed by atoms with E-state index in [1.807, 2.05) is 18.2 Å². The third kappa shape index (κ3) is 6.61. The second-order valence-electron chi connectivity index (χ2n) is 3.25. The van der Waals surface area contributed by atoms with Crippen LogP contribution >= 0.6 is 0 Å². The van der Waals surface area contributed by atoms with Gasteiger partial charge in [-0.1, -0.05) is 49.7 Å². The number of halogens is 2. The van der Waals surface area contributed by atoms with Crippen molar-refractivity contribution in [1.82, 2.24) is 0 Å². The molecule has 1 aromatic rings. The van der Waals surface area contributed by atoms with Crippen molar-refractivity contribution in [3.8, 4) is 0 Å². The molecule has 0 aliphatic heterocycles. The first-order valence-corrected chi connectivity index (χ1v) is 3.51. The zero-order valence-electron chi connectivity index (χ0n) is 8.06. The second-order valence-corrected chi connectivity index (χ2v) is 3.25. The molecule has 0 aliphatic rings. The van der Waals surface area contributed by atoms with Gasteiger partial charge < -0.3 is 31.7 Å². The molecule has 0 fully saturated rings. The summed E-state index contributed by atoms with van der Waals surface area (Å²) in [5, 5.41) is 0. The third-order valence-electron chi connectivity index (χ3n) is 1.56. The van der Waals surface area contributed by atoms with Crippen molar-refractivity contribution >= 4 is 23.1 Å². The molecule has 3 heteroatoms. The fourth-order valence-corrected chi connectivity index (χ4v) is 0.889. The van der Waals surface area contributed by atoms with E-state index in [2.05, 4.69) is 32.9 Å². The predicted molar refractivity (Wildman–Crippen MR) is 50.6 cm³/mol. The van der Waals surface area contributed by atoms with E-state index in [9.17, 15) is 0 Å². The molecule has 0 nitrogen and oxygen atoms in total. The molecule has 0 heterocycles. The van der Waals surface area contributed by atoms with Gasteiger partial charge in [-0.3, -0.25) is 0 Å². The quantitative estimate of drug-likeness (QED) is 0.345. The summed E-state index contributed by atoms with van der Waals surface area (Å²) in [5.74, 6) is 0. The zero-order valence-corrected chi connectivity index (χ0v) is 11.0. The number of hydrogen-bond acceptors (Lipinski definition) is 0. The van der Waals surface area contributed by atoms with Gasteiger partial charge in [-0.2, -0.15) is 0 Å². The standard InChI is InChI=1S/C10H13.2ClH.Mg/c1-10(2,3)9-7-5-4-6-8-9;;;/h4-8H,1H2,2-3H3;2*1H;/q-1;;;+2/p-2. The van der Waals surface area contributed by atoms with Crippen LogP contribution in [0, 0.1) is 6.92 Å². The number of benzene rings is 1. The van der Waals surface area contributed by atoms with Crippen molar-refractivity contribution in [3.05, 3.63) is 42.8 Å². The summed E-state index contributed by atoms with van der Waals surface area (Å²) in [6.45, 7) is 8.27. The van der Waals surface area contributed by atoms with Crippen LogP contribution in [0.1, 0.15) is 19.4 Å². The summed E-state index contributed by atoms with van der Waals surface area (Å²) in [6.07, 6.45) is 0. The Morgan fingerprint density at radius 2 is 1.38 bits per heavy atom. The smallest absolute Gasteiger partial charge is 1.00 e. The fourth-order valence-electron chi connectivity index (χ4n) is 0.889. The minimum atomic E-state index is 0. The molecule has 0 unspecified atom stereocenters. The van der Waals surface area contributed by atoms with Crippen LogP contribution in [0.3, 0.4) is 0 Å². The molecule has 0 bridgehead atoms. The monoisotopic (exact) mass is 227 g/mol. The van der Waals surface area contributed by atoms with Crippen LogP contribution in [0.25, 0.3) is 0 Å². The van der Waals surface area contributed by atoms with Gasteiger partial charge >= 0.3 is 23.1 Å². The van der Waals surface area contributed by atoms with E-state index >= 15 is 0 Å². The van der Waals surface area contributed by atoms with E-state index in [1.165, 1.54) is 5.56 Å². The summed E-state index contributed by atoms with van der Waals surface area (Å²) in [6, 6.07) is 10.3. The number of rotatable bonds is 1. The zero-order chi connectivity index (χ0) is 7.61. The summed E-state index contributed by atoms with van der Waals surface area (Å²) < 4.78 is 0. The first-order chi connectivity index (χ1) is 4.61. The molecule has 0 aliphatic carbocycles. The molecule has 13 heavy (non-hydrogen) atoms. The Kier molecular flexibility index (Phi) is 11.7. The maximum Gasteiger partial charge on any atom is 2.00 e. The Labute approximate surface area is 109 Å². The van der Waals surface area contributed by atoms with E-state index in [1.54, 1.807) is 0 Å². The average Bonchev–Trinajstić information content (AvgIpc) is 1.88. The molecule has 0 radical (unpaired) electrons. The second kappa shape index (κ2) is 7.92. The maximum absolute atomic E-state index is 4.04. The predicted octanol–water partition coefficient (Wildman–Crippen LogP) is -3.57. The molecule has 0 spiro atoms. The first-order valence-electron chi connectivity index (χ1n) is 3.51. The van der Waals surface area contributed by atoms with Gasteiger partial charge in [0, 0.05) is 0 Å². The van der Waals surface area contributed by atoms with Crippen molar-refractivity contribution < 1.29 is 24.8 Å². The molecule has 0 N–H and O–H groups in total. The molecular weight excluding hydrogens is 215 g/mol. The number of hydrogen-bond donors (Lipinski definition) is 0. The molecule has 1 rings (SSSR count). The van der Waals surface area contributed by atoms with Crippen LogP contribution in [0.4, 0.5) is 0 Å². The Morgan fingerprint density at radius 3 is 1.62 bits per heavy atom. The Bertz CT molecular complexity index is 204. The van der Waals surface area contributed by atoms with Crippen LogP contribution in [-0.2, 0) is 5.41 Å². The van der Waals surface area contributed by atoms with E-state index in [0.717, 1.165) is 0 Å². The molecule has 0 atom stereocenters. The van der Waals surface area contributed by atoms with Gasteiger partial charge in [-0.15, -0.1) is 5.41 Å². The molecule has 1 aromatic carbocycles. The molecule has 70 valence electrons. The summed E-state index contributed by atoms with van der Waals surface area (Å²) >= 11 is 0.